The van der Waals surface area contributed by atoms with Crippen LogP contribution in [0.1, 0.15) is 52.9 Å². The maximum Gasteiger partial charge on any atom is 0.0593 e. The summed E-state index contributed by atoms with van der Waals surface area (Å²) in [6.45, 7) is 7.12. The van der Waals surface area contributed by atoms with Crippen molar-refractivity contribution in [1.82, 2.24) is 0 Å². The standard InChI is InChI=1S/C17H25BrClN/c1-17(2,3)12-6-4-7-13(11-10-12)20-15-9-5-8-14(19)16(15)18/h5,8-9,12-13,20H,4,6-7,10-11H2,1-3H3. The number of benzene rings is 1. The van der Waals surface area contributed by atoms with Crippen molar-refractivity contribution in [3.8, 4) is 0 Å². The van der Waals surface area contributed by atoms with Gasteiger partial charge in [0.1, 0.15) is 0 Å². The predicted octanol–water partition coefficient (Wildman–Crippen LogP) is 6.51. The van der Waals surface area contributed by atoms with E-state index in [4.69, 9.17) is 11.6 Å². The summed E-state index contributed by atoms with van der Waals surface area (Å²) in [7, 11) is 0. The fourth-order valence-electron chi connectivity index (χ4n) is 3.15. The van der Waals surface area contributed by atoms with Crippen molar-refractivity contribution < 1.29 is 0 Å². The highest BCUT2D eigenvalue weighted by Gasteiger charge is 2.27. The predicted molar refractivity (Wildman–Crippen MR) is 92.6 cm³/mol. The smallest absolute Gasteiger partial charge is 0.0593 e. The Hall–Kier alpha value is -0.210. The van der Waals surface area contributed by atoms with E-state index < -0.39 is 0 Å². The Morgan fingerprint density at radius 1 is 1.15 bits per heavy atom. The minimum atomic E-state index is 0.436. The molecule has 0 radical (unpaired) electrons. The first-order chi connectivity index (χ1) is 9.38. The molecule has 0 aliphatic heterocycles. The summed E-state index contributed by atoms with van der Waals surface area (Å²) in [5, 5.41) is 4.44. The zero-order valence-corrected chi connectivity index (χ0v) is 15.0. The molecule has 112 valence electrons. The van der Waals surface area contributed by atoms with E-state index in [1.54, 1.807) is 0 Å². The van der Waals surface area contributed by atoms with Crippen LogP contribution in [0.25, 0.3) is 0 Å². The van der Waals surface area contributed by atoms with E-state index in [0.717, 1.165) is 21.1 Å². The van der Waals surface area contributed by atoms with Gasteiger partial charge < -0.3 is 5.32 Å². The highest BCUT2D eigenvalue weighted by atomic mass is 79.9. The van der Waals surface area contributed by atoms with Crippen molar-refractivity contribution in [1.29, 1.82) is 0 Å². The summed E-state index contributed by atoms with van der Waals surface area (Å²) in [6.07, 6.45) is 6.50. The molecule has 2 rings (SSSR count). The van der Waals surface area contributed by atoms with Gasteiger partial charge in [0.25, 0.3) is 0 Å². The molecule has 1 aliphatic rings. The first kappa shape index (κ1) is 16.2. The molecule has 1 aliphatic carbocycles. The lowest BCUT2D eigenvalue weighted by atomic mass is 9.76. The van der Waals surface area contributed by atoms with E-state index in [0.29, 0.717) is 11.5 Å². The minimum absolute atomic E-state index is 0.436. The Morgan fingerprint density at radius 2 is 1.90 bits per heavy atom. The van der Waals surface area contributed by atoms with Crippen LogP contribution >= 0.6 is 27.5 Å². The molecule has 0 bridgehead atoms. The Kier molecular flexibility index (Phi) is 5.42. The Balaban J connectivity index is 1.99. The summed E-state index contributed by atoms with van der Waals surface area (Å²) >= 11 is 9.74. The molecule has 0 spiro atoms. The molecule has 0 saturated heterocycles. The van der Waals surface area contributed by atoms with Gasteiger partial charge in [-0.3, -0.25) is 0 Å². The average molecular weight is 359 g/mol. The van der Waals surface area contributed by atoms with Crippen molar-refractivity contribution in [3.63, 3.8) is 0 Å². The molecule has 0 heterocycles. The third-order valence-electron chi connectivity index (χ3n) is 4.50. The molecule has 1 fully saturated rings. The highest BCUT2D eigenvalue weighted by Crippen LogP contribution is 2.38. The van der Waals surface area contributed by atoms with Crippen LogP contribution in [0.5, 0.6) is 0 Å². The largest absolute Gasteiger partial charge is 0.381 e. The average Bonchev–Trinajstić information content (AvgIpc) is 2.60. The van der Waals surface area contributed by atoms with Gasteiger partial charge in [0.05, 0.1) is 15.2 Å². The van der Waals surface area contributed by atoms with Crippen molar-refractivity contribution in [2.45, 2.75) is 58.9 Å². The molecule has 1 saturated carbocycles. The highest BCUT2D eigenvalue weighted by molar-refractivity contribution is 9.10. The van der Waals surface area contributed by atoms with Crippen LogP contribution in [0.4, 0.5) is 5.69 Å². The van der Waals surface area contributed by atoms with Gasteiger partial charge >= 0.3 is 0 Å². The van der Waals surface area contributed by atoms with Gasteiger partial charge in [-0.05, 0) is 65.1 Å². The van der Waals surface area contributed by atoms with Crippen LogP contribution in [0.3, 0.4) is 0 Å². The van der Waals surface area contributed by atoms with Crippen molar-refractivity contribution >= 4 is 33.2 Å². The lowest BCUT2D eigenvalue weighted by molar-refractivity contribution is 0.214. The van der Waals surface area contributed by atoms with Crippen LogP contribution in [0.15, 0.2) is 22.7 Å². The van der Waals surface area contributed by atoms with Gasteiger partial charge in [-0.1, -0.05) is 44.9 Å². The van der Waals surface area contributed by atoms with E-state index in [1.165, 1.54) is 32.1 Å². The molecule has 1 aromatic rings. The van der Waals surface area contributed by atoms with Crippen LogP contribution in [0.2, 0.25) is 5.02 Å². The number of hydrogen-bond acceptors (Lipinski definition) is 1. The number of nitrogens with one attached hydrogen (secondary N) is 1. The summed E-state index contributed by atoms with van der Waals surface area (Å²) in [5.74, 6) is 0.845. The fourth-order valence-corrected chi connectivity index (χ4v) is 3.70. The first-order valence-corrected chi connectivity index (χ1v) is 8.75. The molecule has 1 aromatic carbocycles. The van der Waals surface area contributed by atoms with E-state index in [1.807, 2.05) is 12.1 Å². The molecular weight excluding hydrogens is 334 g/mol. The Labute approximate surface area is 136 Å². The number of anilines is 1. The van der Waals surface area contributed by atoms with Gasteiger partial charge in [0.15, 0.2) is 0 Å². The fraction of sp³-hybridized carbons (Fsp3) is 0.647. The second-order valence-corrected chi connectivity index (χ2v) is 8.21. The lowest BCUT2D eigenvalue weighted by Crippen LogP contribution is -2.21. The van der Waals surface area contributed by atoms with Crippen LogP contribution in [-0.4, -0.2) is 6.04 Å². The van der Waals surface area contributed by atoms with E-state index in [-0.39, 0.29) is 0 Å². The van der Waals surface area contributed by atoms with Crippen molar-refractivity contribution in [2.24, 2.45) is 11.3 Å². The van der Waals surface area contributed by atoms with E-state index >= 15 is 0 Å². The van der Waals surface area contributed by atoms with Crippen LogP contribution in [0, 0.1) is 11.3 Å². The summed E-state index contributed by atoms with van der Waals surface area (Å²) in [4.78, 5) is 0. The molecule has 1 N–H and O–H groups in total. The topological polar surface area (TPSA) is 12.0 Å². The maximum atomic E-state index is 6.16. The second kappa shape index (κ2) is 6.70. The molecule has 3 heteroatoms. The number of rotatable bonds is 2. The molecule has 20 heavy (non-hydrogen) atoms. The van der Waals surface area contributed by atoms with Crippen LogP contribution in [-0.2, 0) is 0 Å². The first-order valence-electron chi connectivity index (χ1n) is 7.58. The lowest BCUT2D eigenvalue weighted by Gasteiger charge is -2.29. The third-order valence-corrected chi connectivity index (χ3v) is 5.90. The molecule has 0 amide bonds. The van der Waals surface area contributed by atoms with Crippen molar-refractivity contribution in [2.75, 3.05) is 5.32 Å². The van der Waals surface area contributed by atoms with Gasteiger partial charge in [-0.2, -0.15) is 0 Å². The van der Waals surface area contributed by atoms with E-state index in [2.05, 4.69) is 48.1 Å². The monoisotopic (exact) mass is 357 g/mol. The second-order valence-electron chi connectivity index (χ2n) is 7.01. The Morgan fingerprint density at radius 3 is 2.60 bits per heavy atom. The van der Waals surface area contributed by atoms with Gasteiger partial charge in [0.2, 0.25) is 0 Å². The van der Waals surface area contributed by atoms with E-state index in [9.17, 15) is 0 Å². The molecule has 2 atom stereocenters. The quantitative estimate of drug-likeness (QED) is 0.594. The zero-order chi connectivity index (χ0) is 14.8. The number of hydrogen-bond donors (Lipinski definition) is 1. The zero-order valence-electron chi connectivity index (χ0n) is 12.7. The summed E-state index contributed by atoms with van der Waals surface area (Å²) in [5.41, 5.74) is 1.56. The van der Waals surface area contributed by atoms with Gasteiger partial charge in [-0.25, -0.2) is 0 Å². The normalized spacial score (nSPS) is 24.2. The molecular formula is C17H25BrClN. The number of halogens is 2. The molecule has 1 nitrogen and oxygen atoms in total. The van der Waals surface area contributed by atoms with Crippen molar-refractivity contribution in [3.05, 3.63) is 27.7 Å². The maximum absolute atomic E-state index is 6.16. The minimum Gasteiger partial charge on any atom is -0.381 e. The van der Waals surface area contributed by atoms with Gasteiger partial charge in [-0.15, -0.1) is 0 Å². The summed E-state index contributed by atoms with van der Waals surface area (Å²) in [6, 6.07) is 6.59. The molecule has 0 aromatic heterocycles. The van der Waals surface area contributed by atoms with Gasteiger partial charge in [0, 0.05) is 6.04 Å². The molecule has 2 unspecified atom stereocenters. The SMILES string of the molecule is CC(C)(C)C1CCCC(Nc2cccc(Cl)c2Br)CC1. The summed E-state index contributed by atoms with van der Waals surface area (Å²) < 4.78 is 0.985. The third kappa shape index (κ3) is 4.14. The van der Waals surface area contributed by atoms with Crippen LogP contribution < -0.4 is 5.32 Å². The Bertz CT molecular complexity index is 453.